The zero-order valence-corrected chi connectivity index (χ0v) is 11.3. The highest BCUT2D eigenvalue weighted by atomic mass is 16.6. The first-order valence-corrected chi connectivity index (χ1v) is 6.70. The Kier molecular flexibility index (Phi) is 4.34. The van der Waals surface area contributed by atoms with Gasteiger partial charge in [0.15, 0.2) is 0 Å². The minimum atomic E-state index is -0.525. The molecular weight excluding hydrogens is 260 g/mol. The van der Waals surface area contributed by atoms with Crippen molar-refractivity contribution in [3.63, 3.8) is 0 Å². The molecule has 0 radical (unpaired) electrons. The fourth-order valence-corrected chi connectivity index (χ4v) is 2.78. The number of carbonyl (C=O) groups is 1. The van der Waals surface area contributed by atoms with Crippen molar-refractivity contribution in [2.45, 2.75) is 32.2 Å². The molecule has 1 aromatic rings. The zero-order chi connectivity index (χ0) is 14.7. The predicted octanol–water partition coefficient (Wildman–Crippen LogP) is 1.79. The van der Waals surface area contributed by atoms with Gasteiger partial charge in [-0.05, 0) is 25.8 Å². The van der Waals surface area contributed by atoms with Crippen molar-refractivity contribution >= 4 is 11.6 Å². The Morgan fingerprint density at radius 2 is 2.25 bits per heavy atom. The lowest BCUT2D eigenvalue weighted by atomic mass is 10.0. The molecule has 2 atom stereocenters. The number of aryl methyl sites for hydroxylation is 1. The third-order valence-electron chi connectivity index (χ3n) is 3.88. The molecule has 0 aliphatic heterocycles. The second-order valence-corrected chi connectivity index (χ2v) is 5.18. The predicted molar refractivity (Wildman–Crippen MR) is 73.5 cm³/mol. The minimum absolute atomic E-state index is 0.0286. The van der Waals surface area contributed by atoms with E-state index in [0.29, 0.717) is 5.56 Å². The van der Waals surface area contributed by atoms with Crippen molar-refractivity contribution < 1.29 is 14.8 Å². The number of para-hydroxylation sites is 1. The van der Waals surface area contributed by atoms with Crippen LogP contribution in [0.4, 0.5) is 5.69 Å². The summed E-state index contributed by atoms with van der Waals surface area (Å²) < 4.78 is 0. The SMILES string of the molecule is Cc1cccc(C(=O)NC2CCCC2CO)c1[N+](=O)[O-]. The first-order chi connectivity index (χ1) is 9.54. The molecule has 2 N–H and O–H groups in total. The molecule has 6 nitrogen and oxygen atoms in total. The molecule has 2 unspecified atom stereocenters. The van der Waals surface area contributed by atoms with E-state index in [0.717, 1.165) is 19.3 Å². The van der Waals surface area contributed by atoms with Crippen molar-refractivity contribution in [3.05, 3.63) is 39.4 Å². The average Bonchev–Trinajstić information content (AvgIpc) is 2.85. The van der Waals surface area contributed by atoms with E-state index in [1.54, 1.807) is 19.1 Å². The van der Waals surface area contributed by atoms with Crippen molar-refractivity contribution in [1.82, 2.24) is 5.32 Å². The van der Waals surface area contributed by atoms with Gasteiger partial charge in [-0.3, -0.25) is 14.9 Å². The van der Waals surface area contributed by atoms with Gasteiger partial charge in [0, 0.05) is 24.1 Å². The monoisotopic (exact) mass is 278 g/mol. The lowest BCUT2D eigenvalue weighted by molar-refractivity contribution is -0.385. The second-order valence-electron chi connectivity index (χ2n) is 5.18. The molecule has 0 aromatic heterocycles. The lowest BCUT2D eigenvalue weighted by Gasteiger charge is -2.19. The Morgan fingerprint density at radius 1 is 1.50 bits per heavy atom. The van der Waals surface area contributed by atoms with Gasteiger partial charge in [-0.25, -0.2) is 0 Å². The standard InChI is InChI=1S/C14H18N2O4/c1-9-4-2-6-11(13(9)16(19)20)14(18)15-12-7-3-5-10(12)8-17/h2,4,6,10,12,17H,3,5,7-8H2,1H3,(H,15,18). The van der Waals surface area contributed by atoms with Crippen LogP contribution in [0.2, 0.25) is 0 Å². The van der Waals surface area contributed by atoms with Crippen LogP contribution >= 0.6 is 0 Å². The molecule has 2 rings (SSSR count). The Hall–Kier alpha value is -1.95. The summed E-state index contributed by atoms with van der Waals surface area (Å²) >= 11 is 0. The van der Waals surface area contributed by atoms with Crippen LogP contribution in [0.3, 0.4) is 0 Å². The highest BCUT2D eigenvalue weighted by Crippen LogP contribution is 2.27. The molecule has 1 aliphatic carbocycles. The molecule has 0 heterocycles. The van der Waals surface area contributed by atoms with Crippen LogP contribution in [0.1, 0.15) is 35.2 Å². The molecule has 0 bridgehead atoms. The first-order valence-electron chi connectivity index (χ1n) is 6.70. The quantitative estimate of drug-likeness (QED) is 0.648. The number of carbonyl (C=O) groups excluding carboxylic acids is 1. The zero-order valence-electron chi connectivity index (χ0n) is 11.3. The topological polar surface area (TPSA) is 92.5 Å². The fraction of sp³-hybridized carbons (Fsp3) is 0.500. The van der Waals surface area contributed by atoms with Gasteiger partial charge in [0.2, 0.25) is 0 Å². The number of nitro benzene ring substituents is 1. The summed E-state index contributed by atoms with van der Waals surface area (Å²) in [6.07, 6.45) is 2.63. The number of nitrogens with zero attached hydrogens (tertiary/aromatic N) is 1. The Balaban J connectivity index is 2.21. The van der Waals surface area contributed by atoms with Crippen molar-refractivity contribution in [3.8, 4) is 0 Å². The minimum Gasteiger partial charge on any atom is -0.396 e. The van der Waals surface area contributed by atoms with Crippen LogP contribution in [0, 0.1) is 23.0 Å². The molecule has 0 saturated heterocycles. The number of aliphatic hydroxyl groups is 1. The van der Waals surface area contributed by atoms with Crippen LogP contribution in [0.25, 0.3) is 0 Å². The van der Waals surface area contributed by atoms with Gasteiger partial charge >= 0.3 is 0 Å². The molecule has 20 heavy (non-hydrogen) atoms. The summed E-state index contributed by atoms with van der Waals surface area (Å²) in [5, 5.41) is 23.2. The van der Waals surface area contributed by atoms with Crippen LogP contribution in [0.15, 0.2) is 18.2 Å². The summed E-state index contributed by atoms with van der Waals surface area (Å²) in [6, 6.07) is 4.60. The van der Waals surface area contributed by atoms with E-state index >= 15 is 0 Å². The molecule has 1 aromatic carbocycles. The van der Waals surface area contributed by atoms with E-state index in [9.17, 15) is 20.0 Å². The molecule has 1 fully saturated rings. The number of hydrogen-bond acceptors (Lipinski definition) is 4. The van der Waals surface area contributed by atoms with Crippen LogP contribution in [0.5, 0.6) is 0 Å². The summed E-state index contributed by atoms with van der Waals surface area (Å²) in [6.45, 7) is 1.64. The number of aliphatic hydroxyl groups excluding tert-OH is 1. The fourth-order valence-electron chi connectivity index (χ4n) is 2.78. The number of rotatable bonds is 4. The van der Waals surface area contributed by atoms with Crippen molar-refractivity contribution in [2.24, 2.45) is 5.92 Å². The highest BCUT2D eigenvalue weighted by Gasteiger charge is 2.30. The van der Waals surface area contributed by atoms with Gasteiger partial charge in [-0.1, -0.05) is 18.6 Å². The number of amides is 1. The molecule has 108 valence electrons. The molecule has 1 aliphatic rings. The van der Waals surface area contributed by atoms with Crippen molar-refractivity contribution in [1.29, 1.82) is 0 Å². The molecular formula is C14H18N2O4. The van der Waals surface area contributed by atoms with E-state index in [1.807, 2.05) is 0 Å². The summed E-state index contributed by atoms with van der Waals surface area (Å²) in [5.41, 5.74) is 0.398. The van der Waals surface area contributed by atoms with E-state index in [1.165, 1.54) is 6.07 Å². The summed E-state index contributed by atoms with van der Waals surface area (Å²) in [5.74, 6) is -0.395. The number of nitrogens with one attached hydrogen (secondary N) is 1. The van der Waals surface area contributed by atoms with Gasteiger partial charge in [0.1, 0.15) is 5.56 Å². The third-order valence-corrected chi connectivity index (χ3v) is 3.88. The van der Waals surface area contributed by atoms with E-state index in [4.69, 9.17) is 0 Å². The lowest BCUT2D eigenvalue weighted by Crippen LogP contribution is -2.38. The maximum Gasteiger partial charge on any atom is 0.285 e. The maximum absolute atomic E-state index is 12.2. The number of hydrogen-bond donors (Lipinski definition) is 2. The van der Waals surface area contributed by atoms with E-state index < -0.39 is 10.8 Å². The maximum atomic E-state index is 12.2. The number of benzene rings is 1. The van der Waals surface area contributed by atoms with Gasteiger partial charge in [-0.15, -0.1) is 0 Å². The molecule has 6 heteroatoms. The van der Waals surface area contributed by atoms with Gasteiger partial charge < -0.3 is 10.4 Å². The molecule has 0 spiro atoms. The Labute approximate surface area is 117 Å². The van der Waals surface area contributed by atoms with Gasteiger partial charge in [-0.2, -0.15) is 0 Å². The summed E-state index contributed by atoms with van der Waals surface area (Å²) in [7, 11) is 0. The first kappa shape index (κ1) is 14.5. The van der Waals surface area contributed by atoms with Gasteiger partial charge in [0.05, 0.1) is 4.92 Å². The highest BCUT2D eigenvalue weighted by molar-refractivity contribution is 5.98. The normalized spacial score (nSPS) is 21.7. The Bertz CT molecular complexity index is 530. The summed E-state index contributed by atoms with van der Waals surface area (Å²) in [4.78, 5) is 22.8. The molecule has 1 amide bonds. The second kappa shape index (κ2) is 6.00. The van der Waals surface area contributed by atoms with Gasteiger partial charge in [0.25, 0.3) is 11.6 Å². The smallest absolute Gasteiger partial charge is 0.285 e. The van der Waals surface area contributed by atoms with E-state index in [2.05, 4.69) is 5.32 Å². The third kappa shape index (κ3) is 2.80. The number of nitro groups is 1. The Morgan fingerprint density at radius 3 is 2.90 bits per heavy atom. The van der Waals surface area contributed by atoms with Crippen LogP contribution < -0.4 is 5.32 Å². The van der Waals surface area contributed by atoms with E-state index in [-0.39, 0.29) is 29.8 Å². The van der Waals surface area contributed by atoms with Crippen LogP contribution in [-0.4, -0.2) is 28.6 Å². The largest absolute Gasteiger partial charge is 0.396 e. The average molecular weight is 278 g/mol. The molecule has 1 saturated carbocycles. The van der Waals surface area contributed by atoms with Crippen LogP contribution in [-0.2, 0) is 0 Å². The van der Waals surface area contributed by atoms with Crippen molar-refractivity contribution in [2.75, 3.05) is 6.61 Å².